The Balaban J connectivity index is 1.37. The van der Waals surface area contributed by atoms with E-state index in [0.29, 0.717) is 49.3 Å². The van der Waals surface area contributed by atoms with Crippen molar-refractivity contribution in [1.29, 1.82) is 0 Å². The van der Waals surface area contributed by atoms with Crippen LogP contribution in [0, 0.1) is 13.8 Å². The van der Waals surface area contributed by atoms with Crippen LogP contribution in [0.3, 0.4) is 0 Å². The van der Waals surface area contributed by atoms with Gasteiger partial charge in [0.2, 0.25) is 0 Å². The van der Waals surface area contributed by atoms with Crippen LogP contribution < -0.4 is 29.1 Å². The molecule has 1 atom stereocenters. The Bertz CT molecular complexity index is 2300. The first-order valence-electron chi connectivity index (χ1n) is 16.7. The molecular formula is C40H40ClN3O6S. The highest BCUT2D eigenvalue weighted by atomic mass is 35.5. The van der Waals surface area contributed by atoms with Crippen LogP contribution in [0.2, 0.25) is 5.02 Å². The lowest BCUT2D eigenvalue weighted by molar-refractivity contribution is -0.139. The van der Waals surface area contributed by atoms with Gasteiger partial charge in [-0.3, -0.25) is 9.36 Å². The number of benzene rings is 3. The molecule has 0 unspecified atom stereocenters. The van der Waals surface area contributed by atoms with Crippen molar-refractivity contribution in [3.8, 4) is 22.9 Å². The molecule has 0 aliphatic carbocycles. The molecule has 0 radical (unpaired) electrons. The van der Waals surface area contributed by atoms with Gasteiger partial charge in [0.05, 0.1) is 41.7 Å². The number of esters is 1. The molecule has 3 heterocycles. The van der Waals surface area contributed by atoms with Gasteiger partial charge in [-0.25, -0.2) is 9.79 Å². The van der Waals surface area contributed by atoms with E-state index in [1.165, 1.54) is 11.3 Å². The number of rotatable bonds is 11. The smallest absolute Gasteiger partial charge is 0.338 e. The fourth-order valence-corrected chi connectivity index (χ4v) is 7.39. The van der Waals surface area contributed by atoms with Crippen LogP contribution in [-0.2, 0) is 16.1 Å². The summed E-state index contributed by atoms with van der Waals surface area (Å²) in [6.45, 7) is 12.1. The predicted molar refractivity (Wildman–Crippen MR) is 200 cm³/mol. The monoisotopic (exact) mass is 725 g/mol. The quantitative estimate of drug-likeness (QED) is 0.133. The van der Waals surface area contributed by atoms with E-state index in [4.69, 9.17) is 35.5 Å². The maximum absolute atomic E-state index is 14.3. The normalized spacial score (nSPS) is 14.4. The fourth-order valence-electron chi connectivity index (χ4n) is 6.22. The number of allylic oxidation sites excluding steroid dienone is 1. The first-order chi connectivity index (χ1) is 24.5. The summed E-state index contributed by atoms with van der Waals surface area (Å²) in [6, 6.07) is 22.2. The van der Waals surface area contributed by atoms with Crippen LogP contribution in [0.1, 0.15) is 61.8 Å². The third kappa shape index (κ3) is 7.38. The number of aryl methyl sites for hydroxylation is 1. The number of hydrogen-bond acceptors (Lipinski definition) is 8. The van der Waals surface area contributed by atoms with Crippen molar-refractivity contribution in [1.82, 2.24) is 9.13 Å². The maximum atomic E-state index is 14.3. The number of aromatic nitrogens is 2. The molecule has 0 amide bonds. The van der Waals surface area contributed by atoms with Crippen LogP contribution >= 0.6 is 22.9 Å². The van der Waals surface area contributed by atoms with E-state index in [1.807, 2.05) is 88.4 Å². The number of nitrogens with zero attached hydrogens (tertiary/aromatic N) is 3. The SMILES string of the molecule is CCOC(=O)C1=C(C)N=c2s/c(=C/c3cc(C)n(-c4ccc(OCc5ccc(Cl)cc5)cc4)c3C)c(=O)n2[C@@H]1c1ccc(OC(C)C)c(OC)c1. The van der Waals surface area contributed by atoms with Gasteiger partial charge in [-0.05, 0) is 119 Å². The highest BCUT2D eigenvalue weighted by Gasteiger charge is 2.34. The second-order valence-corrected chi connectivity index (χ2v) is 13.9. The molecule has 0 bridgehead atoms. The molecule has 9 nitrogen and oxygen atoms in total. The third-order valence-electron chi connectivity index (χ3n) is 8.55. The standard InChI is InChI=1S/C40H40ClN3O6S/c1-8-48-39(46)36-25(5)42-40-44(37(36)28-11-18-33(50-23(2)3)34(20-28)47-7)38(45)35(51-40)21-29-19-24(4)43(26(29)6)31-14-16-32(17-15-31)49-22-27-9-12-30(41)13-10-27/h9-21,23,37H,8,22H2,1-7H3/b35-21+/t37-/m1/s1. The second-order valence-electron chi connectivity index (χ2n) is 12.5. The zero-order valence-corrected chi connectivity index (χ0v) is 31.2. The molecule has 3 aromatic carbocycles. The average molecular weight is 726 g/mol. The summed E-state index contributed by atoms with van der Waals surface area (Å²) in [5.41, 5.74) is 6.09. The highest BCUT2D eigenvalue weighted by Crippen LogP contribution is 2.36. The summed E-state index contributed by atoms with van der Waals surface area (Å²) < 4.78 is 27.3. The molecule has 0 fully saturated rings. The Hall–Kier alpha value is -5.06. The topological polar surface area (TPSA) is 93.3 Å². The fraction of sp³-hybridized carbons (Fsp3) is 0.275. The highest BCUT2D eigenvalue weighted by molar-refractivity contribution is 7.07. The molecule has 0 spiro atoms. The van der Waals surface area contributed by atoms with Crippen molar-refractivity contribution < 1.29 is 23.7 Å². The van der Waals surface area contributed by atoms with E-state index in [0.717, 1.165) is 34.0 Å². The zero-order chi connectivity index (χ0) is 36.4. The van der Waals surface area contributed by atoms with Gasteiger partial charge < -0.3 is 23.5 Å². The van der Waals surface area contributed by atoms with Crippen LogP contribution in [-0.4, -0.2) is 34.9 Å². The van der Waals surface area contributed by atoms with Crippen molar-refractivity contribution in [3.05, 3.63) is 137 Å². The average Bonchev–Trinajstić information content (AvgIpc) is 3.56. The zero-order valence-electron chi connectivity index (χ0n) is 29.7. The minimum Gasteiger partial charge on any atom is -0.493 e. The molecule has 0 N–H and O–H groups in total. The Labute approximate surface area is 305 Å². The van der Waals surface area contributed by atoms with Crippen LogP contribution in [0.5, 0.6) is 17.2 Å². The van der Waals surface area contributed by atoms with Crippen molar-refractivity contribution >= 4 is 35.0 Å². The molecule has 51 heavy (non-hydrogen) atoms. The second kappa shape index (κ2) is 15.0. The lowest BCUT2D eigenvalue weighted by Gasteiger charge is -2.25. The van der Waals surface area contributed by atoms with Crippen molar-refractivity contribution in [2.24, 2.45) is 4.99 Å². The number of halogens is 1. The number of carbonyl (C=O) groups excluding carboxylic acids is 1. The van der Waals surface area contributed by atoms with Gasteiger partial charge in [-0.15, -0.1) is 0 Å². The van der Waals surface area contributed by atoms with Gasteiger partial charge >= 0.3 is 5.97 Å². The molecule has 5 aromatic rings. The number of carbonyl (C=O) groups is 1. The van der Waals surface area contributed by atoms with Gasteiger partial charge in [0, 0.05) is 22.1 Å². The van der Waals surface area contributed by atoms with Crippen molar-refractivity contribution in [3.63, 3.8) is 0 Å². The van der Waals surface area contributed by atoms with Gasteiger partial charge in [-0.2, -0.15) is 0 Å². The molecule has 0 saturated carbocycles. The lowest BCUT2D eigenvalue weighted by atomic mass is 9.95. The molecule has 2 aromatic heterocycles. The minimum absolute atomic E-state index is 0.0688. The van der Waals surface area contributed by atoms with Crippen molar-refractivity contribution in [2.75, 3.05) is 13.7 Å². The predicted octanol–water partition coefficient (Wildman–Crippen LogP) is 7.23. The van der Waals surface area contributed by atoms with E-state index in [9.17, 15) is 9.59 Å². The lowest BCUT2D eigenvalue weighted by Crippen LogP contribution is -2.40. The van der Waals surface area contributed by atoms with E-state index < -0.39 is 12.0 Å². The summed E-state index contributed by atoms with van der Waals surface area (Å²) in [6.07, 6.45) is 1.83. The van der Waals surface area contributed by atoms with E-state index in [1.54, 1.807) is 37.7 Å². The van der Waals surface area contributed by atoms with Crippen LogP contribution in [0.15, 0.2) is 93.9 Å². The molecule has 1 aliphatic heterocycles. The maximum Gasteiger partial charge on any atom is 0.338 e. The largest absolute Gasteiger partial charge is 0.493 e. The minimum atomic E-state index is -0.780. The van der Waals surface area contributed by atoms with Crippen LogP contribution in [0.25, 0.3) is 11.8 Å². The van der Waals surface area contributed by atoms with Gasteiger partial charge in [0.15, 0.2) is 16.3 Å². The van der Waals surface area contributed by atoms with Crippen molar-refractivity contribution in [2.45, 2.75) is 60.3 Å². The van der Waals surface area contributed by atoms with E-state index >= 15 is 0 Å². The van der Waals surface area contributed by atoms with Gasteiger partial charge in [0.1, 0.15) is 12.4 Å². The van der Waals surface area contributed by atoms with Crippen LogP contribution in [0.4, 0.5) is 0 Å². The Morgan fingerprint density at radius 3 is 2.39 bits per heavy atom. The number of hydrogen-bond donors (Lipinski definition) is 0. The molecule has 11 heteroatoms. The summed E-state index contributed by atoms with van der Waals surface area (Å²) in [5.74, 6) is 1.29. The number of thiazole rings is 1. The van der Waals surface area contributed by atoms with Gasteiger partial charge in [-0.1, -0.05) is 41.1 Å². The summed E-state index contributed by atoms with van der Waals surface area (Å²) >= 11 is 7.29. The first kappa shape index (κ1) is 35.8. The summed E-state index contributed by atoms with van der Waals surface area (Å²) in [5, 5.41) is 0.690. The number of methoxy groups -OCH3 is 1. The Morgan fingerprint density at radius 2 is 1.73 bits per heavy atom. The Kier molecular flexibility index (Phi) is 10.5. The molecular weight excluding hydrogens is 686 g/mol. The first-order valence-corrected chi connectivity index (χ1v) is 17.9. The third-order valence-corrected chi connectivity index (χ3v) is 9.79. The summed E-state index contributed by atoms with van der Waals surface area (Å²) in [7, 11) is 1.56. The summed E-state index contributed by atoms with van der Waals surface area (Å²) in [4.78, 5) is 32.9. The molecule has 264 valence electrons. The number of fused-ring (bicyclic) bond motifs is 1. The Morgan fingerprint density at radius 1 is 1.00 bits per heavy atom. The van der Waals surface area contributed by atoms with Gasteiger partial charge in [0.25, 0.3) is 5.56 Å². The number of ether oxygens (including phenoxy) is 4. The van der Waals surface area contributed by atoms with E-state index in [-0.39, 0.29) is 18.3 Å². The molecule has 0 saturated heterocycles. The van der Waals surface area contributed by atoms with E-state index in [2.05, 4.69) is 10.6 Å². The molecule has 6 rings (SSSR count). The molecule has 1 aliphatic rings.